The lowest BCUT2D eigenvalue weighted by Gasteiger charge is -2.11. The van der Waals surface area contributed by atoms with Crippen molar-refractivity contribution in [3.05, 3.63) is 6.33 Å². The second-order valence-corrected chi connectivity index (χ2v) is 3.79. The van der Waals surface area contributed by atoms with E-state index in [1.807, 2.05) is 6.92 Å². The van der Waals surface area contributed by atoms with Crippen molar-refractivity contribution in [3.63, 3.8) is 0 Å². The second kappa shape index (κ2) is 7.31. The molecule has 1 aromatic rings. The van der Waals surface area contributed by atoms with Gasteiger partial charge in [-0.3, -0.25) is 4.79 Å². The summed E-state index contributed by atoms with van der Waals surface area (Å²) in [6.07, 6.45) is 3.23. The van der Waals surface area contributed by atoms with Crippen LogP contribution in [-0.4, -0.2) is 29.0 Å². The summed E-state index contributed by atoms with van der Waals surface area (Å²) in [5.41, 5.74) is 11.3. The van der Waals surface area contributed by atoms with Crippen LogP contribution in [0.1, 0.15) is 26.2 Å². The summed E-state index contributed by atoms with van der Waals surface area (Å²) >= 11 is 0. The highest BCUT2D eigenvalue weighted by Crippen LogP contribution is 2.24. The van der Waals surface area contributed by atoms with E-state index >= 15 is 0 Å². The highest BCUT2D eigenvalue weighted by molar-refractivity contribution is 5.73. The van der Waals surface area contributed by atoms with E-state index in [9.17, 15) is 4.79 Å². The van der Waals surface area contributed by atoms with Gasteiger partial charge in [0.15, 0.2) is 5.82 Å². The maximum atomic E-state index is 10.6. The third-order valence-corrected chi connectivity index (χ3v) is 2.18. The van der Waals surface area contributed by atoms with Crippen molar-refractivity contribution in [3.8, 4) is 5.88 Å². The summed E-state index contributed by atoms with van der Waals surface area (Å²) in [5, 5.41) is 3.02. The molecule has 0 radical (unpaired) electrons. The van der Waals surface area contributed by atoms with Gasteiger partial charge in [0, 0.05) is 13.0 Å². The average molecular weight is 253 g/mol. The molecule has 0 unspecified atom stereocenters. The predicted molar refractivity (Wildman–Crippen MR) is 69.1 cm³/mol. The molecule has 0 aliphatic heterocycles. The molecule has 1 rings (SSSR count). The summed E-state index contributed by atoms with van der Waals surface area (Å²) in [5.74, 6) is 0.573. The number of nitrogen functional groups attached to an aromatic ring is 1. The standard InChI is InChI=1S/C11H19N5O2/c1-2-6-18-11-9(13)10(15-7-16-11)14-5-3-4-8(12)17/h7H,2-6,13H2,1H3,(H2,12,17)(H,14,15,16). The van der Waals surface area contributed by atoms with Gasteiger partial charge in [-0.05, 0) is 12.8 Å². The number of aromatic nitrogens is 2. The predicted octanol–water partition coefficient (Wildman–Crippen LogP) is 0.525. The first-order chi connectivity index (χ1) is 8.65. The molecular formula is C11H19N5O2. The molecule has 0 aliphatic carbocycles. The van der Waals surface area contributed by atoms with E-state index in [4.69, 9.17) is 16.2 Å². The molecule has 0 saturated heterocycles. The van der Waals surface area contributed by atoms with Crippen LogP contribution in [-0.2, 0) is 4.79 Å². The van der Waals surface area contributed by atoms with Gasteiger partial charge in [0.1, 0.15) is 12.0 Å². The zero-order valence-corrected chi connectivity index (χ0v) is 10.5. The van der Waals surface area contributed by atoms with Crippen molar-refractivity contribution >= 4 is 17.4 Å². The van der Waals surface area contributed by atoms with Gasteiger partial charge < -0.3 is 21.5 Å². The van der Waals surface area contributed by atoms with Crippen molar-refractivity contribution in [2.75, 3.05) is 24.2 Å². The lowest BCUT2D eigenvalue weighted by Crippen LogP contribution is -2.14. The number of carbonyl (C=O) groups excluding carboxylic acids is 1. The van der Waals surface area contributed by atoms with Gasteiger partial charge in [0.05, 0.1) is 6.61 Å². The topological polar surface area (TPSA) is 116 Å². The minimum Gasteiger partial charge on any atom is -0.476 e. The fourth-order valence-electron chi connectivity index (χ4n) is 1.30. The number of primary amides is 1. The number of amides is 1. The zero-order chi connectivity index (χ0) is 13.4. The largest absolute Gasteiger partial charge is 0.476 e. The van der Waals surface area contributed by atoms with Gasteiger partial charge in [-0.1, -0.05) is 6.92 Å². The lowest BCUT2D eigenvalue weighted by molar-refractivity contribution is -0.118. The fourth-order valence-corrected chi connectivity index (χ4v) is 1.30. The van der Waals surface area contributed by atoms with E-state index in [1.165, 1.54) is 6.33 Å². The lowest BCUT2D eigenvalue weighted by atomic mass is 10.3. The average Bonchev–Trinajstić information content (AvgIpc) is 2.34. The maximum absolute atomic E-state index is 10.6. The Bertz CT molecular complexity index is 397. The van der Waals surface area contributed by atoms with Crippen LogP contribution in [0.5, 0.6) is 5.88 Å². The Hall–Kier alpha value is -2.05. The molecule has 100 valence electrons. The molecule has 1 aromatic heterocycles. The van der Waals surface area contributed by atoms with Crippen molar-refractivity contribution < 1.29 is 9.53 Å². The Balaban J connectivity index is 2.52. The monoisotopic (exact) mass is 253 g/mol. The number of nitrogens with zero attached hydrogens (tertiary/aromatic N) is 2. The van der Waals surface area contributed by atoms with Crippen molar-refractivity contribution in [2.24, 2.45) is 5.73 Å². The van der Waals surface area contributed by atoms with Crippen LogP contribution in [0.15, 0.2) is 6.33 Å². The minimum absolute atomic E-state index is 0.320. The Labute approximate surface area is 106 Å². The molecular weight excluding hydrogens is 234 g/mol. The fraction of sp³-hybridized carbons (Fsp3) is 0.545. The third kappa shape index (κ3) is 4.44. The number of ether oxygens (including phenoxy) is 1. The molecule has 7 nitrogen and oxygen atoms in total. The Morgan fingerprint density at radius 1 is 1.50 bits per heavy atom. The first-order valence-electron chi connectivity index (χ1n) is 5.90. The number of rotatable bonds is 8. The summed E-state index contributed by atoms with van der Waals surface area (Å²) in [7, 11) is 0. The van der Waals surface area contributed by atoms with E-state index in [-0.39, 0.29) is 5.91 Å². The number of nitrogens with one attached hydrogen (secondary N) is 1. The Morgan fingerprint density at radius 2 is 2.28 bits per heavy atom. The highest BCUT2D eigenvalue weighted by Gasteiger charge is 2.08. The third-order valence-electron chi connectivity index (χ3n) is 2.18. The van der Waals surface area contributed by atoms with Gasteiger partial charge >= 0.3 is 0 Å². The van der Waals surface area contributed by atoms with Gasteiger partial charge in [-0.15, -0.1) is 0 Å². The zero-order valence-electron chi connectivity index (χ0n) is 10.5. The van der Waals surface area contributed by atoms with Crippen LogP contribution in [0, 0.1) is 0 Å². The van der Waals surface area contributed by atoms with Gasteiger partial charge in [0.25, 0.3) is 0 Å². The van der Waals surface area contributed by atoms with Gasteiger partial charge in [-0.2, -0.15) is 4.98 Å². The first kappa shape index (κ1) is 14.0. The molecule has 7 heteroatoms. The number of anilines is 2. The van der Waals surface area contributed by atoms with E-state index in [1.54, 1.807) is 0 Å². The summed E-state index contributed by atoms with van der Waals surface area (Å²) in [6, 6.07) is 0. The molecule has 0 fully saturated rings. The van der Waals surface area contributed by atoms with E-state index in [0.717, 1.165) is 6.42 Å². The number of hydrogen-bond donors (Lipinski definition) is 3. The molecule has 1 heterocycles. The van der Waals surface area contributed by atoms with Gasteiger partial charge in [-0.25, -0.2) is 4.98 Å². The van der Waals surface area contributed by atoms with Crippen LogP contribution >= 0.6 is 0 Å². The van der Waals surface area contributed by atoms with Crippen molar-refractivity contribution in [1.29, 1.82) is 0 Å². The van der Waals surface area contributed by atoms with Gasteiger partial charge in [0.2, 0.25) is 11.8 Å². The summed E-state index contributed by atoms with van der Waals surface area (Å²) < 4.78 is 5.38. The number of nitrogens with two attached hydrogens (primary N) is 2. The smallest absolute Gasteiger partial charge is 0.242 e. The quantitative estimate of drug-likeness (QED) is 0.582. The first-order valence-corrected chi connectivity index (χ1v) is 5.90. The van der Waals surface area contributed by atoms with E-state index in [0.29, 0.717) is 43.4 Å². The minimum atomic E-state index is -0.320. The molecule has 5 N–H and O–H groups in total. The SMILES string of the molecule is CCCOc1ncnc(NCCCC(N)=O)c1N. The normalized spacial score (nSPS) is 10.1. The second-order valence-electron chi connectivity index (χ2n) is 3.79. The van der Waals surface area contributed by atoms with Crippen LogP contribution in [0.25, 0.3) is 0 Å². The number of carbonyl (C=O) groups is 1. The Kier molecular flexibility index (Phi) is 5.69. The maximum Gasteiger partial charge on any atom is 0.242 e. The molecule has 0 aromatic carbocycles. The number of hydrogen-bond acceptors (Lipinski definition) is 6. The van der Waals surface area contributed by atoms with Crippen LogP contribution in [0.2, 0.25) is 0 Å². The molecule has 0 atom stereocenters. The summed E-state index contributed by atoms with van der Waals surface area (Å²) in [4.78, 5) is 18.6. The van der Waals surface area contributed by atoms with E-state index < -0.39 is 0 Å². The molecule has 0 bridgehead atoms. The molecule has 18 heavy (non-hydrogen) atoms. The van der Waals surface area contributed by atoms with E-state index in [2.05, 4.69) is 15.3 Å². The van der Waals surface area contributed by atoms with Crippen molar-refractivity contribution in [2.45, 2.75) is 26.2 Å². The molecule has 0 saturated carbocycles. The highest BCUT2D eigenvalue weighted by atomic mass is 16.5. The van der Waals surface area contributed by atoms with Crippen LogP contribution in [0.4, 0.5) is 11.5 Å². The molecule has 0 aliphatic rings. The summed E-state index contributed by atoms with van der Waals surface area (Å²) in [6.45, 7) is 3.13. The van der Waals surface area contributed by atoms with Crippen LogP contribution in [0.3, 0.4) is 0 Å². The Morgan fingerprint density at radius 3 is 2.94 bits per heavy atom. The van der Waals surface area contributed by atoms with Crippen molar-refractivity contribution in [1.82, 2.24) is 9.97 Å². The molecule has 0 spiro atoms. The van der Waals surface area contributed by atoms with Crippen LogP contribution < -0.4 is 21.5 Å². The molecule has 1 amide bonds.